The van der Waals surface area contributed by atoms with E-state index >= 15 is 0 Å². The molecule has 2 aromatic carbocycles. The van der Waals surface area contributed by atoms with E-state index in [0.29, 0.717) is 12.1 Å². The molecule has 0 atom stereocenters. The Morgan fingerprint density at radius 3 is 2.54 bits per heavy atom. The molecule has 4 rings (SSSR count). The lowest BCUT2D eigenvalue weighted by molar-refractivity contribution is -0.117. The van der Waals surface area contributed by atoms with Crippen molar-refractivity contribution in [2.45, 2.75) is 24.2 Å². The molecule has 0 aliphatic carbocycles. The lowest BCUT2D eigenvalue weighted by Crippen LogP contribution is -2.31. The van der Waals surface area contributed by atoms with Crippen LogP contribution >= 0.6 is 15.9 Å². The van der Waals surface area contributed by atoms with Crippen LogP contribution in [0.2, 0.25) is 0 Å². The van der Waals surface area contributed by atoms with E-state index in [1.54, 1.807) is 30.3 Å². The Kier molecular flexibility index (Phi) is 3.65. The summed E-state index contributed by atoms with van der Waals surface area (Å²) in [7, 11) is -3.65. The number of hydrogen-bond donors (Lipinski definition) is 1. The Bertz CT molecular complexity index is 939. The van der Waals surface area contributed by atoms with Crippen LogP contribution in [-0.2, 0) is 27.7 Å². The number of aryl methyl sites for hydroxylation is 1. The third-order valence-corrected chi connectivity index (χ3v) is 6.31. The summed E-state index contributed by atoms with van der Waals surface area (Å²) in [5.74, 6) is 0.0962. The molecule has 1 N–H and O–H groups in total. The Labute approximate surface area is 148 Å². The largest absolute Gasteiger partial charge is 0.312 e. The molecule has 0 fully saturated rings. The second-order valence-electron chi connectivity index (χ2n) is 6.03. The zero-order chi connectivity index (χ0) is 16.9. The summed E-state index contributed by atoms with van der Waals surface area (Å²) >= 11 is 3.30. The van der Waals surface area contributed by atoms with E-state index < -0.39 is 10.0 Å². The third kappa shape index (κ3) is 2.61. The third-order valence-electron chi connectivity index (χ3n) is 4.38. The maximum absolute atomic E-state index is 12.6. The molecule has 2 aliphatic rings. The van der Waals surface area contributed by atoms with E-state index in [1.807, 2.05) is 11.0 Å². The second-order valence-corrected chi connectivity index (χ2v) is 8.63. The zero-order valence-corrected chi connectivity index (χ0v) is 15.2. The molecule has 0 unspecified atom stereocenters. The molecule has 1 amide bonds. The van der Waals surface area contributed by atoms with Crippen molar-refractivity contribution < 1.29 is 13.2 Å². The Balaban J connectivity index is 1.70. The van der Waals surface area contributed by atoms with E-state index in [-0.39, 0.29) is 10.8 Å². The summed E-state index contributed by atoms with van der Waals surface area (Å²) in [4.78, 5) is 14.1. The van der Waals surface area contributed by atoms with Crippen molar-refractivity contribution in [3.8, 4) is 0 Å². The molecule has 0 radical (unpaired) electrons. The molecule has 0 saturated heterocycles. The van der Waals surface area contributed by atoms with E-state index in [0.717, 1.165) is 40.7 Å². The number of sulfonamides is 1. The van der Waals surface area contributed by atoms with Gasteiger partial charge in [0.05, 0.1) is 17.0 Å². The fraction of sp³-hybridized carbons (Fsp3) is 0.235. The average molecular weight is 407 g/mol. The second kappa shape index (κ2) is 5.60. The molecule has 2 aromatic rings. The molecule has 0 aromatic heterocycles. The van der Waals surface area contributed by atoms with Gasteiger partial charge in [0, 0.05) is 16.7 Å². The van der Waals surface area contributed by atoms with Crippen molar-refractivity contribution >= 4 is 43.2 Å². The van der Waals surface area contributed by atoms with Gasteiger partial charge in [-0.15, -0.1) is 0 Å². The predicted octanol–water partition coefficient (Wildman–Crippen LogP) is 3.09. The monoisotopic (exact) mass is 406 g/mol. The van der Waals surface area contributed by atoms with Crippen molar-refractivity contribution in [1.82, 2.24) is 0 Å². The van der Waals surface area contributed by atoms with Crippen LogP contribution in [0.5, 0.6) is 0 Å². The molecule has 0 saturated carbocycles. The van der Waals surface area contributed by atoms with Crippen LogP contribution in [-0.4, -0.2) is 20.9 Å². The van der Waals surface area contributed by atoms with Gasteiger partial charge in [-0.1, -0.05) is 15.9 Å². The first-order valence-electron chi connectivity index (χ1n) is 7.68. The Morgan fingerprint density at radius 2 is 1.79 bits per heavy atom. The fourth-order valence-electron chi connectivity index (χ4n) is 3.37. The van der Waals surface area contributed by atoms with Crippen molar-refractivity contribution in [2.24, 2.45) is 0 Å². The minimum Gasteiger partial charge on any atom is -0.312 e. The van der Waals surface area contributed by atoms with E-state index in [9.17, 15) is 13.2 Å². The highest BCUT2D eigenvalue weighted by molar-refractivity contribution is 9.10. The molecule has 2 aliphatic heterocycles. The number of nitrogens with one attached hydrogen (secondary N) is 1. The molecule has 24 heavy (non-hydrogen) atoms. The van der Waals surface area contributed by atoms with Gasteiger partial charge in [0.25, 0.3) is 10.0 Å². The number of nitrogens with zero attached hydrogens (tertiary/aromatic N) is 1. The van der Waals surface area contributed by atoms with Crippen LogP contribution in [0, 0.1) is 0 Å². The lowest BCUT2D eigenvalue weighted by atomic mass is 9.99. The summed E-state index contributed by atoms with van der Waals surface area (Å²) < 4.78 is 28.6. The minimum atomic E-state index is -3.65. The average Bonchev–Trinajstić information content (AvgIpc) is 2.85. The molecule has 2 heterocycles. The zero-order valence-electron chi connectivity index (χ0n) is 12.8. The molecule has 7 heteroatoms. The number of carbonyl (C=O) groups excluding carboxylic acids is 1. The molecule has 0 bridgehead atoms. The molecule has 0 spiro atoms. The van der Waals surface area contributed by atoms with Gasteiger partial charge in [0.2, 0.25) is 5.91 Å². The van der Waals surface area contributed by atoms with E-state index in [2.05, 4.69) is 20.7 Å². The maximum Gasteiger partial charge on any atom is 0.261 e. The van der Waals surface area contributed by atoms with Crippen molar-refractivity contribution in [2.75, 3.05) is 16.2 Å². The normalized spacial score (nSPS) is 16.2. The summed E-state index contributed by atoms with van der Waals surface area (Å²) in [6.07, 6.45) is 2.11. The maximum atomic E-state index is 12.6. The van der Waals surface area contributed by atoms with Gasteiger partial charge < -0.3 is 4.90 Å². The summed E-state index contributed by atoms with van der Waals surface area (Å²) in [5, 5.41) is 0. The summed E-state index contributed by atoms with van der Waals surface area (Å²) in [5.41, 5.74) is 3.45. The van der Waals surface area contributed by atoms with Gasteiger partial charge >= 0.3 is 0 Å². The smallest absolute Gasteiger partial charge is 0.261 e. The van der Waals surface area contributed by atoms with Gasteiger partial charge in [0.1, 0.15) is 0 Å². The van der Waals surface area contributed by atoms with E-state index in [1.165, 1.54) is 0 Å². The highest BCUT2D eigenvalue weighted by Gasteiger charge is 2.32. The van der Waals surface area contributed by atoms with Crippen molar-refractivity contribution in [3.05, 3.63) is 52.0 Å². The van der Waals surface area contributed by atoms with Crippen molar-refractivity contribution in [3.63, 3.8) is 0 Å². The lowest BCUT2D eigenvalue weighted by Gasteiger charge is -2.26. The predicted molar refractivity (Wildman–Crippen MR) is 95.8 cm³/mol. The summed E-state index contributed by atoms with van der Waals surface area (Å²) in [6.45, 7) is 0.753. The number of carbonyl (C=O) groups is 1. The number of rotatable bonds is 3. The van der Waals surface area contributed by atoms with Crippen LogP contribution in [0.15, 0.2) is 45.8 Å². The van der Waals surface area contributed by atoms with Gasteiger partial charge in [-0.2, -0.15) is 0 Å². The highest BCUT2D eigenvalue weighted by atomic mass is 79.9. The standard InChI is InChI=1S/C17H15BrN2O3S/c18-13-3-5-15(6-4-13)24(22,23)19-14-8-11-2-1-7-20-16(21)10-12(9-14)17(11)20/h3-6,8-9,19H,1-2,7,10H2. The van der Waals surface area contributed by atoms with Crippen molar-refractivity contribution in [1.29, 1.82) is 0 Å². The molecule has 124 valence electrons. The molecular formula is C17H15BrN2O3S. The number of halogens is 1. The Hall–Kier alpha value is -1.86. The van der Waals surface area contributed by atoms with Gasteiger partial charge in [0.15, 0.2) is 0 Å². The number of hydrogen-bond acceptors (Lipinski definition) is 3. The van der Waals surface area contributed by atoms with Crippen LogP contribution in [0.3, 0.4) is 0 Å². The van der Waals surface area contributed by atoms with Crippen LogP contribution in [0.1, 0.15) is 17.5 Å². The summed E-state index contributed by atoms with van der Waals surface area (Å²) in [6, 6.07) is 10.1. The van der Waals surface area contributed by atoms with Gasteiger partial charge in [-0.25, -0.2) is 8.42 Å². The quantitative estimate of drug-likeness (QED) is 0.851. The van der Waals surface area contributed by atoms with Gasteiger partial charge in [-0.3, -0.25) is 9.52 Å². The first kappa shape index (κ1) is 15.7. The van der Waals surface area contributed by atoms with Crippen LogP contribution in [0.4, 0.5) is 11.4 Å². The van der Waals surface area contributed by atoms with E-state index in [4.69, 9.17) is 0 Å². The number of anilines is 2. The topological polar surface area (TPSA) is 66.5 Å². The SMILES string of the molecule is O=C1Cc2cc(NS(=O)(=O)c3ccc(Br)cc3)cc3c2N1CCC3. The van der Waals surface area contributed by atoms with Crippen LogP contribution < -0.4 is 9.62 Å². The first-order valence-corrected chi connectivity index (χ1v) is 9.96. The Morgan fingerprint density at radius 1 is 1.08 bits per heavy atom. The minimum absolute atomic E-state index is 0.0962. The number of benzene rings is 2. The highest BCUT2D eigenvalue weighted by Crippen LogP contribution is 2.39. The fourth-order valence-corrected chi connectivity index (χ4v) is 4.67. The van der Waals surface area contributed by atoms with Gasteiger partial charge in [-0.05, 0) is 60.4 Å². The van der Waals surface area contributed by atoms with Crippen LogP contribution in [0.25, 0.3) is 0 Å². The first-order chi connectivity index (χ1) is 11.4. The molecule has 5 nitrogen and oxygen atoms in total. The number of amides is 1. The molecular weight excluding hydrogens is 392 g/mol.